The largest absolute Gasteiger partial charge is 0.349 e. The highest BCUT2D eigenvalue weighted by molar-refractivity contribution is 7.99. The number of amides is 1. The molecule has 1 aliphatic rings. The SMILES string of the molecule is CC(NC(=O)CSc1nnnn1C1CCCC1)c1ccc(Cl)cc1Cl. The predicted octanol–water partition coefficient (Wildman–Crippen LogP) is 4.06. The van der Waals surface area contributed by atoms with E-state index in [0.717, 1.165) is 18.4 Å². The van der Waals surface area contributed by atoms with Crippen molar-refractivity contribution in [2.45, 2.75) is 49.8 Å². The summed E-state index contributed by atoms with van der Waals surface area (Å²) in [5.41, 5.74) is 0.834. The molecule has 1 unspecified atom stereocenters. The van der Waals surface area contributed by atoms with Crippen LogP contribution in [0.4, 0.5) is 0 Å². The van der Waals surface area contributed by atoms with Crippen molar-refractivity contribution in [2.24, 2.45) is 0 Å². The Morgan fingerprint density at radius 3 is 2.88 bits per heavy atom. The van der Waals surface area contributed by atoms with Crippen LogP contribution in [0.15, 0.2) is 23.4 Å². The first kappa shape index (κ1) is 18.5. The molecule has 1 saturated carbocycles. The van der Waals surface area contributed by atoms with Gasteiger partial charge in [-0.3, -0.25) is 4.79 Å². The van der Waals surface area contributed by atoms with Gasteiger partial charge in [-0.2, -0.15) is 0 Å². The summed E-state index contributed by atoms with van der Waals surface area (Å²) in [5.74, 6) is 0.160. The molecule has 0 radical (unpaired) electrons. The summed E-state index contributed by atoms with van der Waals surface area (Å²) in [4.78, 5) is 12.3. The predicted molar refractivity (Wildman–Crippen MR) is 99.1 cm³/mol. The number of halogens is 2. The first-order chi connectivity index (χ1) is 12.0. The molecule has 0 saturated heterocycles. The third-order valence-electron chi connectivity index (χ3n) is 4.27. The molecule has 6 nitrogen and oxygen atoms in total. The normalized spacial score (nSPS) is 16.1. The van der Waals surface area contributed by atoms with Crippen molar-refractivity contribution in [3.05, 3.63) is 33.8 Å². The van der Waals surface area contributed by atoms with Gasteiger partial charge in [0.25, 0.3) is 0 Å². The zero-order valence-electron chi connectivity index (χ0n) is 13.8. The number of aromatic nitrogens is 4. The van der Waals surface area contributed by atoms with Crippen molar-refractivity contribution in [2.75, 3.05) is 5.75 Å². The van der Waals surface area contributed by atoms with Crippen LogP contribution in [0, 0.1) is 0 Å². The summed E-state index contributed by atoms with van der Waals surface area (Å²) in [7, 11) is 0. The van der Waals surface area contributed by atoms with E-state index in [1.807, 2.05) is 17.7 Å². The van der Waals surface area contributed by atoms with Gasteiger partial charge in [-0.15, -0.1) is 5.10 Å². The van der Waals surface area contributed by atoms with Gasteiger partial charge < -0.3 is 5.32 Å². The third-order valence-corrected chi connectivity index (χ3v) is 5.77. The zero-order valence-corrected chi connectivity index (χ0v) is 16.1. The minimum absolute atomic E-state index is 0.0931. The van der Waals surface area contributed by atoms with Gasteiger partial charge in [-0.1, -0.05) is 53.9 Å². The molecule has 3 rings (SSSR count). The lowest BCUT2D eigenvalue weighted by Crippen LogP contribution is -2.28. The van der Waals surface area contributed by atoms with Crippen LogP contribution in [0.2, 0.25) is 10.0 Å². The summed E-state index contributed by atoms with van der Waals surface area (Å²) in [6.07, 6.45) is 4.59. The van der Waals surface area contributed by atoms with Gasteiger partial charge in [0, 0.05) is 10.0 Å². The smallest absolute Gasteiger partial charge is 0.230 e. The topological polar surface area (TPSA) is 72.7 Å². The van der Waals surface area contributed by atoms with E-state index in [-0.39, 0.29) is 17.7 Å². The summed E-state index contributed by atoms with van der Waals surface area (Å²) in [6.45, 7) is 1.89. The molecule has 25 heavy (non-hydrogen) atoms. The van der Waals surface area contributed by atoms with Gasteiger partial charge in [0.05, 0.1) is 17.8 Å². The van der Waals surface area contributed by atoms with Crippen LogP contribution in [0.3, 0.4) is 0 Å². The quantitative estimate of drug-likeness (QED) is 0.741. The highest BCUT2D eigenvalue weighted by atomic mass is 35.5. The van der Waals surface area contributed by atoms with Crippen LogP contribution in [-0.4, -0.2) is 31.9 Å². The van der Waals surface area contributed by atoms with Crippen molar-refractivity contribution in [3.8, 4) is 0 Å². The number of carbonyl (C=O) groups is 1. The van der Waals surface area contributed by atoms with Gasteiger partial charge >= 0.3 is 0 Å². The van der Waals surface area contributed by atoms with E-state index >= 15 is 0 Å². The van der Waals surface area contributed by atoms with Gasteiger partial charge in [0.15, 0.2) is 0 Å². The zero-order chi connectivity index (χ0) is 17.8. The molecular weight excluding hydrogens is 381 g/mol. The maximum Gasteiger partial charge on any atom is 0.230 e. The fourth-order valence-corrected chi connectivity index (χ4v) is 4.33. The van der Waals surface area contributed by atoms with E-state index < -0.39 is 0 Å². The lowest BCUT2D eigenvalue weighted by Gasteiger charge is -2.16. The van der Waals surface area contributed by atoms with Crippen molar-refractivity contribution in [1.82, 2.24) is 25.5 Å². The Hall–Kier alpha value is -1.31. The first-order valence-corrected chi connectivity index (χ1v) is 9.93. The molecule has 1 aromatic carbocycles. The van der Waals surface area contributed by atoms with Gasteiger partial charge in [0.1, 0.15) is 0 Å². The summed E-state index contributed by atoms with van der Waals surface area (Å²) in [6, 6.07) is 5.40. The Morgan fingerprint density at radius 1 is 1.40 bits per heavy atom. The Kier molecular flexibility index (Phi) is 6.19. The molecule has 2 aromatic rings. The third kappa shape index (κ3) is 4.65. The van der Waals surface area contributed by atoms with Crippen LogP contribution in [-0.2, 0) is 4.79 Å². The van der Waals surface area contributed by atoms with E-state index in [9.17, 15) is 4.79 Å². The molecule has 1 aliphatic carbocycles. The summed E-state index contributed by atoms with van der Waals surface area (Å²) < 4.78 is 1.85. The first-order valence-electron chi connectivity index (χ1n) is 8.19. The van der Waals surface area contributed by atoms with Crippen molar-refractivity contribution in [3.63, 3.8) is 0 Å². The van der Waals surface area contributed by atoms with Crippen LogP contribution in [0.1, 0.15) is 50.3 Å². The standard InChI is InChI=1S/C16H19Cl2N5OS/c1-10(13-7-6-11(17)8-14(13)18)19-15(24)9-25-16-20-21-22-23(16)12-4-2-3-5-12/h6-8,10,12H,2-5,9H2,1H3,(H,19,24). The molecule has 0 spiro atoms. The number of rotatable bonds is 6. The lowest BCUT2D eigenvalue weighted by atomic mass is 10.1. The van der Waals surface area contributed by atoms with Gasteiger partial charge in [-0.05, 0) is 47.9 Å². The number of carbonyl (C=O) groups excluding carboxylic acids is 1. The Bertz CT molecular complexity index is 748. The Balaban J connectivity index is 1.55. The lowest BCUT2D eigenvalue weighted by molar-refractivity contribution is -0.119. The number of tetrazole rings is 1. The van der Waals surface area contributed by atoms with Crippen LogP contribution in [0.25, 0.3) is 0 Å². The van der Waals surface area contributed by atoms with Gasteiger partial charge in [0.2, 0.25) is 11.1 Å². The number of hydrogen-bond donors (Lipinski definition) is 1. The molecule has 9 heteroatoms. The Morgan fingerprint density at radius 2 is 2.16 bits per heavy atom. The number of nitrogens with zero attached hydrogens (tertiary/aromatic N) is 4. The fraction of sp³-hybridized carbons (Fsp3) is 0.500. The molecule has 134 valence electrons. The molecule has 1 heterocycles. The van der Waals surface area contributed by atoms with E-state index in [4.69, 9.17) is 23.2 Å². The van der Waals surface area contributed by atoms with Crippen LogP contribution >= 0.6 is 35.0 Å². The molecule has 1 aromatic heterocycles. The highest BCUT2D eigenvalue weighted by Crippen LogP contribution is 2.31. The minimum atomic E-state index is -0.205. The monoisotopic (exact) mass is 399 g/mol. The van der Waals surface area contributed by atoms with E-state index in [2.05, 4.69) is 20.8 Å². The molecule has 1 atom stereocenters. The minimum Gasteiger partial charge on any atom is -0.349 e. The summed E-state index contributed by atoms with van der Waals surface area (Å²) >= 11 is 13.4. The second-order valence-electron chi connectivity index (χ2n) is 6.09. The molecule has 1 fully saturated rings. The average Bonchev–Trinajstić information content (AvgIpc) is 3.23. The Labute approximate surface area is 160 Å². The second kappa shape index (κ2) is 8.38. The fourth-order valence-electron chi connectivity index (χ4n) is 3.00. The highest BCUT2D eigenvalue weighted by Gasteiger charge is 2.22. The van der Waals surface area contributed by atoms with Crippen molar-refractivity contribution < 1.29 is 4.79 Å². The van der Waals surface area contributed by atoms with Crippen LogP contribution < -0.4 is 5.32 Å². The molecule has 0 aliphatic heterocycles. The van der Waals surface area contributed by atoms with Crippen molar-refractivity contribution >= 4 is 40.9 Å². The molecule has 1 amide bonds. The number of nitrogens with one attached hydrogen (secondary N) is 1. The maximum atomic E-state index is 12.3. The van der Waals surface area contributed by atoms with E-state index in [0.29, 0.717) is 21.2 Å². The van der Waals surface area contributed by atoms with Gasteiger partial charge in [-0.25, -0.2) is 4.68 Å². The van der Waals surface area contributed by atoms with Crippen LogP contribution in [0.5, 0.6) is 0 Å². The molecule has 1 N–H and O–H groups in total. The summed E-state index contributed by atoms with van der Waals surface area (Å²) in [5, 5.41) is 16.6. The maximum absolute atomic E-state index is 12.3. The van der Waals surface area contributed by atoms with E-state index in [1.54, 1.807) is 12.1 Å². The number of benzene rings is 1. The van der Waals surface area contributed by atoms with E-state index in [1.165, 1.54) is 24.6 Å². The number of hydrogen-bond acceptors (Lipinski definition) is 5. The number of thioether (sulfide) groups is 1. The molecular formula is C16H19Cl2N5OS. The van der Waals surface area contributed by atoms with Crippen molar-refractivity contribution in [1.29, 1.82) is 0 Å². The second-order valence-corrected chi connectivity index (χ2v) is 7.87. The molecule has 0 bridgehead atoms. The average molecular weight is 400 g/mol.